The lowest BCUT2D eigenvalue weighted by molar-refractivity contribution is -0.673. The van der Waals surface area contributed by atoms with E-state index in [1.165, 1.54) is 28.2 Å². The first-order chi connectivity index (χ1) is 9.65. The minimum atomic E-state index is 1.19. The van der Waals surface area contributed by atoms with Crippen LogP contribution < -0.4 is 9.47 Å². The van der Waals surface area contributed by atoms with Gasteiger partial charge in [-0.1, -0.05) is 18.2 Å². The zero-order chi connectivity index (χ0) is 14.1. The van der Waals surface area contributed by atoms with E-state index in [0.717, 1.165) is 0 Å². The first-order valence-corrected chi connectivity index (χ1v) is 6.84. The van der Waals surface area contributed by atoms with E-state index in [-0.39, 0.29) is 0 Å². The summed E-state index contributed by atoms with van der Waals surface area (Å²) in [6.07, 6.45) is 8.63. The summed E-state index contributed by atoms with van der Waals surface area (Å²) in [6.45, 7) is 2.13. The monoisotopic (exact) mass is 263 g/mol. The van der Waals surface area contributed by atoms with Gasteiger partial charge in [0.15, 0.2) is 6.20 Å². The van der Waals surface area contributed by atoms with Crippen LogP contribution in [0.25, 0.3) is 12.2 Å². The Balaban J connectivity index is 2.04. The largest absolute Gasteiger partial charge is 0.344 e. The first-order valence-electron chi connectivity index (χ1n) is 6.84. The molecule has 0 radical (unpaired) electrons. The molecule has 0 bridgehead atoms. The lowest BCUT2D eigenvalue weighted by Gasteiger charge is -2.26. The molecule has 0 amide bonds. The summed E-state index contributed by atoms with van der Waals surface area (Å²) < 4.78 is 2.13. The summed E-state index contributed by atoms with van der Waals surface area (Å²) in [6, 6.07) is 12.8. The number of allylic oxidation sites excluding steroid dienone is 1. The van der Waals surface area contributed by atoms with Gasteiger partial charge in [-0.2, -0.15) is 0 Å². The van der Waals surface area contributed by atoms with Gasteiger partial charge in [-0.3, -0.25) is 0 Å². The molecule has 2 nitrogen and oxygen atoms in total. The van der Waals surface area contributed by atoms with Gasteiger partial charge in [0, 0.05) is 36.6 Å². The molecule has 0 saturated heterocycles. The molecule has 1 aromatic carbocycles. The minimum Gasteiger partial charge on any atom is -0.344 e. The molecule has 1 aromatic heterocycles. The van der Waals surface area contributed by atoms with E-state index in [0.29, 0.717) is 0 Å². The Hall–Kier alpha value is -2.35. The number of pyridine rings is 1. The maximum absolute atomic E-state index is 2.25. The second kappa shape index (κ2) is 4.97. The summed E-state index contributed by atoms with van der Waals surface area (Å²) in [5.41, 5.74) is 6.21. The molecule has 0 N–H and O–H groups in total. The zero-order valence-corrected chi connectivity index (χ0v) is 12.2. The zero-order valence-electron chi connectivity index (χ0n) is 12.2. The Morgan fingerprint density at radius 1 is 1.10 bits per heavy atom. The number of fused-ring (bicyclic) bond motifs is 1. The smallest absolute Gasteiger partial charge is 0.207 e. The highest BCUT2D eigenvalue weighted by atomic mass is 15.1. The van der Waals surface area contributed by atoms with Crippen molar-refractivity contribution < 1.29 is 4.57 Å². The molecule has 2 aromatic rings. The van der Waals surface area contributed by atoms with E-state index in [9.17, 15) is 0 Å². The van der Waals surface area contributed by atoms with Gasteiger partial charge < -0.3 is 4.90 Å². The molecule has 2 heterocycles. The molecule has 20 heavy (non-hydrogen) atoms. The van der Waals surface area contributed by atoms with E-state index in [2.05, 4.69) is 85.2 Å². The quantitative estimate of drug-likeness (QED) is 0.716. The van der Waals surface area contributed by atoms with Crippen LogP contribution in [0.5, 0.6) is 0 Å². The van der Waals surface area contributed by atoms with Crippen molar-refractivity contribution in [1.82, 2.24) is 0 Å². The standard InChI is InChI=1S/C18H19N2/c1-14-7-8-15-9-10-17(20(3)18(15)12-14)13-16-6-4-5-11-19(16)2/h4-13H,1-3H3/q+1. The number of rotatable bonds is 1. The average molecular weight is 263 g/mol. The fraction of sp³-hybridized carbons (Fsp3) is 0.167. The fourth-order valence-electron chi connectivity index (χ4n) is 2.49. The topological polar surface area (TPSA) is 7.12 Å². The van der Waals surface area contributed by atoms with Crippen molar-refractivity contribution in [2.45, 2.75) is 6.92 Å². The Labute approximate surface area is 120 Å². The van der Waals surface area contributed by atoms with Crippen LogP contribution >= 0.6 is 0 Å². The van der Waals surface area contributed by atoms with Crippen molar-refractivity contribution in [3.05, 3.63) is 71.2 Å². The van der Waals surface area contributed by atoms with Crippen LogP contribution in [-0.2, 0) is 7.05 Å². The molecule has 1 aliphatic heterocycles. The van der Waals surface area contributed by atoms with Gasteiger partial charge in [-0.15, -0.1) is 0 Å². The van der Waals surface area contributed by atoms with Gasteiger partial charge in [-0.25, -0.2) is 4.57 Å². The number of anilines is 1. The van der Waals surface area contributed by atoms with Crippen LogP contribution in [0.2, 0.25) is 0 Å². The Bertz CT molecular complexity index is 711. The van der Waals surface area contributed by atoms with Crippen molar-refractivity contribution >= 4 is 17.8 Å². The highest BCUT2D eigenvalue weighted by molar-refractivity contribution is 5.79. The van der Waals surface area contributed by atoms with Gasteiger partial charge in [0.25, 0.3) is 0 Å². The Morgan fingerprint density at radius 2 is 1.95 bits per heavy atom. The maximum Gasteiger partial charge on any atom is 0.207 e. The van der Waals surface area contributed by atoms with E-state index >= 15 is 0 Å². The molecule has 0 saturated carbocycles. The van der Waals surface area contributed by atoms with Gasteiger partial charge >= 0.3 is 0 Å². The molecule has 1 aliphatic rings. The highest BCUT2D eigenvalue weighted by Gasteiger charge is 2.15. The molecule has 0 atom stereocenters. The molecule has 0 unspecified atom stereocenters. The fourth-order valence-corrected chi connectivity index (χ4v) is 2.49. The third-order valence-electron chi connectivity index (χ3n) is 3.76. The van der Waals surface area contributed by atoms with Crippen molar-refractivity contribution in [3.63, 3.8) is 0 Å². The molecular weight excluding hydrogens is 244 g/mol. The predicted molar refractivity (Wildman–Crippen MR) is 84.2 cm³/mol. The van der Waals surface area contributed by atoms with Crippen LogP contribution in [-0.4, -0.2) is 7.05 Å². The summed E-state index contributed by atoms with van der Waals surface area (Å²) in [4.78, 5) is 2.25. The normalized spacial score (nSPS) is 15.6. The molecular formula is C18H19N2+. The number of nitrogens with zero attached hydrogens (tertiary/aromatic N) is 2. The van der Waals surface area contributed by atoms with E-state index in [1.54, 1.807) is 0 Å². The minimum absolute atomic E-state index is 1.19. The first kappa shape index (κ1) is 12.7. The maximum atomic E-state index is 2.25. The van der Waals surface area contributed by atoms with Gasteiger partial charge in [0.2, 0.25) is 5.69 Å². The van der Waals surface area contributed by atoms with Crippen molar-refractivity contribution in [2.75, 3.05) is 11.9 Å². The molecule has 100 valence electrons. The number of hydrogen-bond acceptors (Lipinski definition) is 1. The molecule has 3 rings (SSSR count). The summed E-state index contributed by atoms with van der Waals surface area (Å²) in [5, 5.41) is 0. The van der Waals surface area contributed by atoms with Crippen molar-refractivity contribution in [2.24, 2.45) is 7.05 Å². The van der Waals surface area contributed by atoms with Gasteiger partial charge in [0.1, 0.15) is 7.05 Å². The number of benzene rings is 1. The summed E-state index contributed by atoms with van der Waals surface area (Å²) in [5.74, 6) is 0. The van der Waals surface area contributed by atoms with E-state index in [1.807, 2.05) is 6.07 Å². The number of hydrogen-bond donors (Lipinski definition) is 0. The Morgan fingerprint density at radius 3 is 2.75 bits per heavy atom. The van der Waals surface area contributed by atoms with E-state index < -0.39 is 0 Å². The molecule has 2 heteroatoms. The van der Waals surface area contributed by atoms with E-state index in [4.69, 9.17) is 0 Å². The van der Waals surface area contributed by atoms with Crippen molar-refractivity contribution in [3.8, 4) is 0 Å². The molecule has 0 spiro atoms. The van der Waals surface area contributed by atoms with Gasteiger partial charge in [0.05, 0.1) is 0 Å². The summed E-state index contributed by atoms with van der Waals surface area (Å²) in [7, 11) is 4.19. The van der Waals surface area contributed by atoms with Crippen LogP contribution in [0.3, 0.4) is 0 Å². The predicted octanol–water partition coefficient (Wildman–Crippen LogP) is 3.32. The van der Waals surface area contributed by atoms with Crippen LogP contribution in [0.1, 0.15) is 16.8 Å². The lowest BCUT2D eigenvalue weighted by Crippen LogP contribution is -2.31. The highest BCUT2D eigenvalue weighted by Crippen LogP contribution is 2.30. The third-order valence-corrected chi connectivity index (χ3v) is 3.76. The lowest BCUT2D eigenvalue weighted by atomic mass is 10.0. The third kappa shape index (κ3) is 2.25. The summed E-state index contributed by atoms with van der Waals surface area (Å²) >= 11 is 0. The second-order valence-corrected chi connectivity index (χ2v) is 5.26. The van der Waals surface area contributed by atoms with Crippen molar-refractivity contribution in [1.29, 1.82) is 0 Å². The second-order valence-electron chi connectivity index (χ2n) is 5.26. The van der Waals surface area contributed by atoms with Crippen LogP contribution in [0.4, 0.5) is 5.69 Å². The average Bonchev–Trinajstić information content (AvgIpc) is 2.45. The van der Waals surface area contributed by atoms with Crippen LogP contribution in [0.15, 0.2) is 54.4 Å². The Kier molecular flexibility index (Phi) is 3.15. The number of aromatic nitrogens is 1. The molecule has 0 fully saturated rings. The SMILES string of the molecule is Cc1ccc2c(c1)N(C)/C(=C/c1cccc[n+]1C)C=C2. The van der Waals surface area contributed by atoms with Crippen LogP contribution in [0, 0.1) is 6.92 Å². The van der Waals surface area contributed by atoms with Gasteiger partial charge in [-0.05, 0) is 36.3 Å². The number of aryl methyl sites for hydroxylation is 2. The molecule has 0 aliphatic carbocycles. The number of likely N-dealkylation sites (N-methyl/N-ethyl adjacent to an activating group) is 1.